The first-order chi connectivity index (χ1) is 12.8. The second-order valence-corrected chi connectivity index (χ2v) is 9.11. The van der Waals surface area contributed by atoms with Crippen LogP contribution in [-0.4, -0.2) is 14.2 Å². The van der Waals surface area contributed by atoms with Crippen molar-refractivity contribution in [1.29, 1.82) is 0 Å². The summed E-state index contributed by atoms with van der Waals surface area (Å²) in [5, 5.41) is 0. The summed E-state index contributed by atoms with van der Waals surface area (Å²) in [5.74, 6) is -0.0515. The van der Waals surface area contributed by atoms with Gasteiger partial charge in [0.1, 0.15) is 0 Å². The molecular formula is C21H20BrNO3S. The van der Waals surface area contributed by atoms with E-state index in [0.717, 1.165) is 15.6 Å². The van der Waals surface area contributed by atoms with E-state index < -0.39 is 16.1 Å². The summed E-state index contributed by atoms with van der Waals surface area (Å²) in [4.78, 5) is 12.7. The molecular weight excluding hydrogens is 426 g/mol. The Morgan fingerprint density at radius 3 is 2.30 bits per heavy atom. The van der Waals surface area contributed by atoms with E-state index >= 15 is 0 Å². The highest BCUT2D eigenvalue weighted by atomic mass is 79.9. The minimum absolute atomic E-state index is 0.0515. The van der Waals surface area contributed by atoms with Crippen molar-refractivity contribution in [3.8, 4) is 0 Å². The summed E-state index contributed by atoms with van der Waals surface area (Å²) < 4.78 is 29.6. The lowest BCUT2D eigenvalue weighted by atomic mass is 9.96. The van der Waals surface area contributed by atoms with Gasteiger partial charge in [0.25, 0.3) is 0 Å². The SMILES string of the molecule is C=CC1=C(C(NS(=O)(=O)c2ccc(C)cc2)c2ccc(Br)cc2)C(=O)CC1. The molecule has 4 nitrogen and oxygen atoms in total. The first-order valence-electron chi connectivity index (χ1n) is 8.55. The van der Waals surface area contributed by atoms with Crippen LogP contribution in [0, 0.1) is 6.92 Å². The molecule has 0 heterocycles. The fourth-order valence-corrected chi connectivity index (χ4v) is 4.60. The van der Waals surface area contributed by atoms with E-state index in [1.807, 2.05) is 31.2 Å². The second-order valence-electron chi connectivity index (χ2n) is 6.49. The van der Waals surface area contributed by atoms with Gasteiger partial charge in [-0.2, -0.15) is 4.72 Å². The number of sulfonamides is 1. The highest BCUT2D eigenvalue weighted by Gasteiger charge is 2.32. The van der Waals surface area contributed by atoms with E-state index in [1.165, 1.54) is 0 Å². The van der Waals surface area contributed by atoms with Crippen LogP contribution in [0.2, 0.25) is 0 Å². The molecule has 0 saturated carbocycles. The molecule has 140 valence electrons. The monoisotopic (exact) mass is 445 g/mol. The van der Waals surface area contributed by atoms with Gasteiger partial charge in [-0.15, -0.1) is 0 Å². The molecule has 0 spiro atoms. The summed E-state index contributed by atoms with van der Waals surface area (Å²) in [6, 6.07) is 13.2. The van der Waals surface area contributed by atoms with Gasteiger partial charge in [-0.3, -0.25) is 4.79 Å². The summed E-state index contributed by atoms with van der Waals surface area (Å²) >= 11 is 3.39. The third-order valence-electron chi connectivity index (χ3n) is 4.61. The van der Waals surface area contributed by atoms with Crippen LogP contribution in [0.25, 0.3) is 0 Å². The van der Waals surface area contributed by atoms with Gasteiger partial charge in [-0.05, 0) is 48.7 Å². The van der Waals surface area contributed by atoms with Crippen LogP contribution in [0.4, 0.5) is 0 Å². The number of benzene rings is 2. The molecule has 27 heavy (non-hydrogen) atoms. The molecule has 0 aromatic heterocycles. The van der Waals surface area contributed by atoms with E-state index in [9.17, 15) is 13.2 Å². The quantitative estimate of drug-likeness (QED) is 0.704. The maximum Gasteiger partial charge on any atom is 0.241 e. The fraction of sp³-hybridized carbons (Fsp3) is 0.190. The zero-order chi connectivity index (χ0) is 19.6. The number of Topliss-reactive ketones (excluding diaryl/α,β-unsaturated/α-hetero) is 1. The summed E-state index contributed by atoms with van der Waals surface area (Å²) in [6.45, 7) is 5.68. The van der Waals surface area contributed by atoms with Crippen molar-refractivity contribution < 1.29 is 13.2 Å². The van der Waals surface area contributed by atoms with Crippen molar-refractivity contribution in [1.82, 2.24) is 4.72 Å². The maximum absolute atomic E-state index is 13.0. The molecule has 0 fully saturated rings. The molecule has 1 aliphatic rings. The number of ketones is 1. The van der Waals surface area contributed by atoms with Crippen molar-refractivity contribution in [2.75, 3.05) is 0 Å². The van der Waals surface area contributed by atoms with Gasteiger partial charge in [0.15, 0.2) is 5.78 Å². The van der Waals surface area contributed by atoms with Gasteiger partial charge in [0.2, 0.25) is 10.0 Å². The van der Waals surface area contributed by atoms with Crippen LogP contribution in [0.5, 0.6) is 0 Å². The minimum atomic E-state index is -3.81. The lowest BCUT2D eigenvalue weighted by molar-refractivity contribution is -0.115. The number of allylic oxidation sites excluding steroid dienone is 2. The molecule has 1 unspecified atom stereocenters. The van der Waals surface area contributed by atoms with Crippen LogP contribution >= 0.6 is 15.9 Å². The van der Waals surface area contributed by atoms with Crippen molar-refractivity contribution in [2.45, 2.75) is 30.7 Å². The normalized spacial score (nSPS) is 15.9. The molecule has 3 rings (SSSR count). The summed E-state index contributed by atoms with van der Waals surface area (Å²) in [5.41, 5.74) is 2.95. The van der Waals surface area contributed by atoms with Crippen molar-refractivity contribution >= 4 is 31.7 Å². The van der Waals surface area contributed by atoms with Crippen LogP contribution in [0.3, 0.4) is 0 Å². The molecule has 1 atom stereocenters. The lowest BCUT2D eigenvalue weighted by Gasteiger charge is -2.21. The van der Waals surface area contributed by atoms with Crippen molar-refractivity contribution in [3.63, 3.8) is 0 Å². The van der Waals surface area contributed by atoms with Gasteiger partial charge >= 0.3 is 0 Å². The fourth-order valence-electron chi connectivity index (χ4n) is 3.14. The average Bonchev–Trinajstić information content (AvgIpc) is 3.01. The van der Waals surface area contributed by atoms with E-state index in [4.69, 9.17) is 0 Å². The topological polar surface area (TPSA) is 63.2 Å². The molecule has 0 amide bonds. The molecule has 0 radical (unpaired) electrons. The highest BCUT2D eigenvalue weighted by Crippen LogP contribution is 2.35. The molecule has 2 aromatic carbocycles. The molecule has 0 saturated heterocycles. The highest BCUT2D eigenvalue weighted by molar-refractivity contribution is 9.10. The van der Waals surface area contributed by atoms with Crippen LogP contribution in [-0.2, 0) is 14.8 Å². The van der Waals surface area contributed by atoms with Crippen LogP contribution < -0.4 is 4.72 Å². The van der Waals surface area contributed by atoms with E-state index in [-0.39, 0.29) is 10.7 Å². The largest absolute Gasteiger partial charge is 0.294 e. The molecule has 0 aliphatic heterocycles. The predicted molar refractivity (Wildman–Crippen MR) is 110 cm³/mol. The Morgan fingerprint density at radius 2 is 1.70 bits per heavy atom. The zero-order valence-electron chi connectivity index (χ0n) is 14.9. The molecule has 2 aromatic rings. The van der Waals surface area contributed by atoms with E-state index in [1.54, 1.807) is 30.3 Å². The zero-order valence-corrected chi connectivity index (χ0v) is 17.3. The average molecular weight is 446 g/mol. The number of hydrogen-bond donors (Lipinski definition) is 1. The lowest BCUT2D eigenvalue weighted by Crippen LogP contribution is -2.31. The van der Waals surface area contributed by atoms with Gasteiger partial charge < -0.3 is 0 Å². The Hall–Kier alpha value is -2.02. The second kappa shape index (κ2) is 7.92. The van der Waals surface area contributed by atoms with Gasteiger partial charge in [-0.25, -0.2) is 8.42 Å². The van der Waals surface area contributed by atoms with Gasteiger partial charge in [-0.1, -0.05) is 58.4 Å². The third kappa shape index (κ3) is 4.29. The van der Waals surface area contributed by atoms with Gasteiger partial charge in [0, 0.05) is 16.5 Å². The Morgan fingerprint density at radius 1 is 1.07 bits per heavy atom. The maximum atomic E-state index is 13.0. The number of rotatable bonds is 6. The number of carbonyl (C=O) groups excluding carboxylic acids is 1. The number of hydrogen-bond acceptors (Lipinski definition) is 3. The number of carbonyl (C=O) groups is 1. The smallest absolute Gasteiger partial charge is 0.241 e. The number of halogens is 1. The minimum Gasteiger partial charge on any atom is -0.294 e. The summed E-state index contributed by atoms with van der Waals surface area (Å²) in [6.07, 6.45) is 2.60. The number of aryl methyl sites for hydroxylation is 1. The third-order valence-corrected chi connectivity index (χ3v) is 6.58. The first-order valence-corrected chi connectivity index (χ1v) is 10.8. The molecule has 1 N–H and O–H groups in total. The van der Waals surface area contributed by atoms with Crippen LogP contribution in [0.15, 0.2) is 81.7 Å². The predicted octanol–water partition coefficient (Wildman–Crippen LogP) is 4.62. The number of nitrogens with one attached hydrogen (secondary N) is 1. The Balaban J connectivity index is 2.07. The van der Waals surface area contributed by atoms with Crippen molar-refractivity contribution in [3.05, 3.63) is 87.9 Å². The Bertz CT molecular complexity index is 1010. The molecule has 1 aliphatic carbocycles. The molecule has 6 heteroatoms. The van der Waals surface area contributed by atoms with E-state index in [2.05, 4.69) is 27.2 Å². The standard InChI is InChI=1S/C21H20BrNO3S/c1-3-15-8-13-19(24)20(15)21(16-6-9-17(22)10-7-16)23-27(25,26)18-11-4-14(2)5-12-18/h3-7,9-12,21,23H,1,8,13H2,2H3. The van der Waals surface area contributed by atoms with Crippen LogP contribution in [0.1, 0.15) is 30.0 Å². The Labute approximate surface area is 168 Å². The van der Waals surface area contributed by atoms with E-state index in [0.29, 0.717) is 24.0 Å². The van der Waals surface area contributed by atoms with Crippen molar-refractivity contribution in [2.24, 2.45) is 0 Å². The van der Waals surface area contributed by atoms with Gasteiger partial charge in [0.05, 0.1) is 10.9 Å². The Kier molecular flexibility index (Phi) is 5.79. The summed E-state index contributed by atoms with van der Waals surface area (Å²) in [7, 11) is -3.81. The molecule has 0 bridgehead atoms. The first kappa shape index (κ1) is 19.7.